The third-order valence-corrected chi connectivity index (χ3v) is 2.54. The Hall–Kier alpha value is -0.560. The SMILES string of the molecule is CN1CCC2C=CC=CC21. The van der Waals surface area contributed by atoms with Crippen LogP contribution in [0, 0.1) is 5.92 Å². The number of fused-ring (bicyclic) bond motifs is 1. The van der Waals surface area contributed by atoms with E-state index in [-0.39, 0.29) is 0 Å². The molecule has 1 heteroatoms. The summed E-state index contributed by atoms with van der Waals surface area (Å²) in [5.41, 5.74) is 0. The summed E-state index contributed by atoms with van der Waals surface area (Å²) in [6, 6.07) is 0.699. The average Bonchev–Trinajstić information content (AvgIpc) is 2.34. The Kier molecular flexibility index (Phi) is 1.38. The smallest absolute Gasteiger partial charge is 0.0341 e. The van der Waals surface area contributed by atoms with Crippen molar-refractivity contribution in [3.8, 4) is 0 Å². The molecular formula is C9H13N. The number of rotatable bonds is 0. The third kappa shape index (κ3) is 0.816. The molecule has 0 amide bonds. The van der Waals surface area contributed by atoms with Crippen molar-refractivity contribution in [1.29, 1.82) is 0 Å². The van der Waals surface area contributed by atoms with E-state index in [0.717, 1.165) is 5.92 Å². The summed E-state index contributed by atoms with van der Waals surface area (Å²) in [7, 11) is 2.20. The Bertz CT molecular complexity index is 181. The number of allylic oxidation sites excluding steroid dienone is 2. The Morgan fingerprint density at radius 1 is 1.30 bits per heavy atom. The van der Waals surface area contributed by atoms with Crippen LogP contribution in [-0.4, -0.2) is 24.5 Å². The molecule has 54 valence electrons. The average molecular weight is 135 g/mol. The topological polar surface area (TPSA) is 3.24 Å². The normalized spacial score (nSPS) is 38.5. The van der Waals surface area contributed by atoms with Gasteiger partial charge < -0.3 is 0 Å². The summed E-state index contributed by atoms with van der Waals surface area (Å²) >= 11 is 0. The number of likely N-dealkylation sites (tertiary alicyclic amines) is 1. The van der Waals surface area contributed by atoms with Gasteiger partial charge in [0.25, 0.3) is 0 Å². The van der Waals surface area contributed by atoms with Gasteiger partial charge in [0, 0.05) is 6.04 Å². The maximum Gasteiger partial charge on any atom is 0.0341 e. The van der Waals surface area contributed by atoms with Gasteiger partial charge in [0.1, 0.15) is 0 Å². The molecule has 1 aliphatic carbocycles. The molecule has 0 bridgehead atoms. The predicted octanol–water partition coefficient (Wildman–Crippen LogP) is 1.43. The second-order valence-electron chi connectivity index (χ2n) is 3.19. The highest BCUT2D eigenvalue weighted by Gasteiger charge is 2.28. The molecule has 2 atom stereocenters. The van der Waals surface area contributed by atoms with Gasteiger partial charge in [0.15, 0.2) is 0 Å². The fourth-order valence-corrected chi connectivity index (χ4v) is 1.88. The molecule has 1 saturated heterocycles. The van der Waals surface area contributed by atoms with Gasteiger partial charge in [-0.05, 0) is 25.9 Å². The van der Waals surface area contributed by atoms with Crippen LogP contribution in [0.2, 0.25) is 0 Å². The van der Waals surface area contributed by atoms with Crippen molar-refractivity contribution in [2.75, 3.05) is 13.6 Å². The lowest BCUT2D eigenvalue weighted by Crippen LogP contribution is -2.27. The zero-order valence-electron chi connectivity index (χ0n) is 6.33. The van der Waals surface area contributed by atoms with Crippen molar-refractivity contribution in [1.82, 2.24) is 4.90 Å². The first kappa shape index (κ1) is 6.17. The van der Waals surface area contributed by atoms with Crippen LogP contribution in [0.15, 0.2) is 24.3 Å². The third-order valence-electron chi connectivity index (χ3n) is 2.54. The van der Waals surface area contributed by atoms with E-state index in [0.29, 0.717) is 6.04 Å². The lowest BCUT2D eigenvalue weighted by Gasteiger charge is -2.20. The first-order valence-electron chi connectivity index (χ1n) is 3.93. The van der Waals surface area contributed by atoms with Crippen molar-refractivity contribution in [2.45, 2.75) is 12.5 Å². The van der Waals surface area contributed by atoms with E-state index in [2.05, 4.69) is 36.3 Å². The first-order chi connectivity index (χ1) is 4.88. The van der Waals surface area contributed by atoms with Crippen LogP contribution >= 0.6 is 0 Å². The Balaban J connectivity index is 2.19. The van der Waals surface area contributed by atoms with E-state index >= 15 is 0 Å². The van der Waals surface area contributed by atoms with Crippen LogP contribution in [0.5, 0.6) is 0 Å². The highest BCUT2D eigenvalue weighted by molar-refractivity contribution is 5.19. The Morgan fingerprint density at radius 2 is 2.10 bits per heavy atom. The van der Waals surface area contributed by atoms with E-state index in [9.17, 15) is 0 Å². The van der Waals surface area contributed by atoms with Crippen molar-refractivity contribution >= 4 is 0 Å². The summed E-state index contributed by atoms with van der Waals surface area (Å²) in [6.45, 7) is 1.25. The zero-order valence-corrected chi connectivity index (χ0v) is 6.33. The predicted molar refractivity (Wildman–Crippen MR) is 42.8 cm³/mol. The summed E-state index contributed by atoms with van der Waals surface area (Å²) < 4.78 is 0. The number of hydrogen-bond acceptors (Lipinski definition) is 1. The fraction of sp³-hybridized carbons (Fsp3) is 0.556. The van der Waals surface area contributed by atoms with Gasteiger partial charge in [-0.25, -0.2) is 0 Å². The van der Waals surface area contributed by atoms with Crippen molar-refractivity contribution in [3.05, 3.63) is 24.3 Å². The molecule has 0 saturated carbocycles. The second-order valence-corrected chi connectivity index (χ2v) is 3.19. The summed E-state index contributed by atoms with van der Waals surface area (Å²) in [4.78, 5) is 2.42. The molecule has 0 aromatic carbocycles. The molecule has 2 rings (SSSR count). The van der Waals surface area contributed by atoms with Gasteiger partial charge in [-0.2, -0.15) is 0 Å². The summed E-state index contributed by atoms with van der Waals surface area (Å²) in [5, 5.41) is 0. The molecule has 0 radical (unpaired) electrons. The van der Waals surface area contributed by atoms with E-state index < -0.39 is 0 Å². The van der Waals surface area contributed by atoms with Crippen LogP contribution in [-0.2, 0) is 0 Å². The maximum atomic E-state index is 2.42. The first-order valence-corrected chi connectivity index (χ1v) is 3.93. The van der Waals surface area contributed by atoms with Gasteiger partial charge in [0.05, 0.1) is 0 Å². The van der Waals surface area contributed by atoms with Crippen LogP contribution < -0.4 is 0 Å². The minimum absolute atomic E-state index is 0.699. The van der Waals surface area contributed by atoms with E-state index in [4.69, 9.17) is 0 Å². The molecule has 0 aromatic heterocycles. The lowest BCUT2D eigenvalue weighted by molar-refractivity contribution is 0.338. The molecule has 0 spiro atoms. The van der Waals surface area contributed by atoms with Crippen molar-refractivity contribution < 1.29 is 0 Å². The highest BCUT2D eigenvalue weighted by Crippen LogP contribution is 2.26. The molecular weight excluding hydrogens is 122 g/mol. The quantitative estimate of drug-likeness (QED) is 0.485. The zero-order chi connectivity index (χ0) is 6.97. The van der Waals surface area contributed by atoms with E-state index in [1.165, 1.54) is 13.0 Å². The Labute approximate surface area is 62.0 Å². The maximum absolute atomic E-state index is 2.42. The largest absolute Gasteiger partial charge is 0.299 e. The van der Waals surface area contributed by atoms with Gasteiger partial charge in [-0.1, -0.05) is 24.3 Å². The minimum Gasteiger partial charge on any atom is -0.299 e. The lowest BCUT2D eigenvalue weighted by atomic mass is 9.96. The molecule has 1 heterocycles. The highest BCUT2D eigenvalue weighted by atomic mass is 15.1. The monoisotopic (exact) mass is 135 g/mol. The van der Waals surface area contributed by atoms with Gasteiger partial charge in [0.2, 0.25) is 0 Å². The van der Waals surface area contributed by atoms with Gasteiger partial charge in [-0.3, -0.25) is 4.90 Å². The molecule has 2 aliphatic rings. The van der Waals surface area contributed by atoms with Crippen molar-refractivity contribution in [3.63, 3.8) is 0 Å². The Morgan fingerprint density at radius 3 is 2.90 bits per heavy atom. The van der Waals surface area contributed by atoms with Crippen LogP contribution in [0.1, 0.15) is 6.42 Å². The summed E-state index contributed by atoms with van der Waals surface area (Å²) in [5.74, 6) is 0.801. The second kappa shape index (κ2) is 2.24. The van der Waals surface area contributed by atoms with Gasteiger partial charge >= 0.3 is 0 Å². The minimum atomic E-state index is 0.699. The summed E-state index contributed by atoms with van der Waals surface area (Å²) in [6.07, 6.45) is 10.3. The van der Waals surface area contributed by atoms with Crippen LogP contribution in [0.25, 0.3) is 0 Å². The van der Waals surface area contributed by atoms with Crippen LogP contribution in [0.3, 0.4) is 0 Å². The number of likely N-dealkylation sites (N-methyl/N-ethyl adjacent to an activating group) is 1. The van der Waals surface area contributed by atoms with Gasteiger partial charge in [-0.15, -0.1) is 0 Å². The molecule has 1 nitrogen and oxygen atoms in total. The molecule has 0 N–H and O–H groups in total. The van der Waals surface area contributed by atoms with Crippen molar-refractivity contribution in [2.24, 2.45) is 5.92 Å². The molecule has 1 aliphatic heterocycles. The fourth-order valence-electron chi connectivity index (χ4n) is 1.88. The molecule has 2 unspecified atom stereocenters. The molecule has 1 fully saturated rings. The van der Waals surface area contributed by atoms with E-state index in [1.807, 2.05) is 0 Å². The number of hydrogen-bond donors (Lipinski definition) is 0. The molecule has 0 aromatic rings. The van der Waals surface area contributed by atoms with Crippen LogP contribution in [0.4, 0.5) is 0 Å². The van der Waals surface area contributed by atoms with E-state index in [1.54, 1.807) is 0 Å². The molecule has 10 heavy (non-hydrogen) atoms. The number of nitrogens with zero attached hydrogens (tertiary/aromatic N) is 1. The standard InChI is InChI=1S/C9H13N/c1-10-7-6-8-4-2-3-5-9(8)10/h2-5,8-9H,6-7H2,1H3.